The van der Waals surface area contributed by atoms with Gasteiger partial charge in [0.15, 0.2) is 11.8 Å². The molecule has 0 rings (SSSR count). The van der Waals surface area contributed by atoms with Crippen LogP contribution in [0.15, 0.2) is 0 Å². The van der Waals surface area contributed by atoms with Crippen LogP contribution in [0.4, 0.5) is 0 Å². The van der Waals surface area contributed by atoms with Crippen LogP contribution in [0.3, 0.4) is 0 Å². The zero-order valence-corrected chi connectivity index (χ0v) is 4.49. The molecule has 2 N–H and O–H groups in total. The summed E-state index contributed by atoms with van der Waals surface area (Å²) in [6, 6.07) is -0.843. The van der Waals surface area contributed by atoms with E-state index in [1.54, 1.807) is 0 Å². The van der Waals surface area contributed by atoms with Crippen LogP contribution in [-0.4, -0.2) is 0 Å². The van der Waals surface area contributed by atoms with Crippen molar-refractivity contribution < 1.29 is 0 Å². The van der Waals surface area contributed by atoms with E-state index in [1.165, 1.54) is 0 Å². The molecule has 24 valence electrons. The minimum absolute atomic E-state index is 0.843. The summed E-state index contributed by atoms with van der Waals surface area (Å²) >= 11 is 7.95. The van der Waals surface area contributed by atoms with E-state index in [0.29, 0.717) is 0 Å². The summed E-state index contributed by atoms with van der Waals surface area (Å²) in [4.78, 5) is 0. The molecule has 4 heavy (non-hydrogen) atoms. The van der Waals surface area contributed by atoms with Crippen molar-refractivity contribution in [3.8, 4) is 0 Å². The highest BCUT2D eigenvalue weighted by atomic mass is 32.9. The summed E-state index contributed by atoms with van der Waals surface area (Å²) < 4.78 is 0. The van der Waals surface area contributed by atoms with E-state index in [9.17, 15) is 0 Å². The first-order valence-electron chi connectivity index (χ1n) is 0.641. The topological polar surface area (TPSA) is 26.0 Å². The minimum atomic E-state index is -0.843. The molecule has 0 saturated heterocycles. The van der Waals surface area contributed by atoms with Gasteiger partial charge in [0.25, 0.3) is 0 Å². The first kappa shape index (κ1) is 4.83. The Bertz CT molecular complexity index is 29.0. The second-order valence-corrected chi connectivity index (χ2v) is 4.19. The molecule has 0 radical (unpaired) electrons. The Balaban J connectivity index is 2.80. The van der Waals surface area contributed by atoms with Gasteiger partial charge in [-0.15, -0.1) is 5.50 Å². The Labute approximate surface area is 36.2 Å². The van der Waals surface area contributed by atoms with Crippen LogP contribution < -0.4 is 5.50 Å². The summed E-state index contributed by atoms with van der Waals surface area (Å²) in [6.45, 7) is 0. The second kappa shape index (κ2) is 2.09. The predicted octanol–water partition coefficient (Wildman–Crippen LogP) is 0.649. The van der Waals surface area contributed by atoms with Crippen LogP contribution in [0, 0.1) is 0 Å². The lowest BCUT2D eigenvalue weighted by Gasteiger charge is -1.42. The molecular formula is H3NPS2+. The largest absolute Gasteiger partial charge is 0.332 e. The molecule has 0 aromatic rings. The summed E-state index contributed by atoms with van der Waals surface area (Å²) in [7, 11) is 0. The van der Waals surface area contributed by atoms with Crippen LogP contribution in [-0.2, 0) is 11.8 Å². The third kappa shape index (κ3) is 13.8. The number of nitrogens with two attached hydrogens (primary N) is 1. The van der Waals surface area contributed by atoms with Crippen LogP contribution in [0.2, 0.25) is 0 Å². The molecule has 1 atom stereocenters. The molecule has 0 aromatic carbocycles. The minimum Gasteiger partial charge on any atom is -0.135 e. The maximum absolute atomic E-state index is 4.85. The molecule has 0 heterocycles. The zero-order valence-electron chi connectivity index (χ0n) is 1.88. The van der Waals surface area contributed by atoms with E-state index < -0.39 is 6.05 Å². The first-order valence-corrected chi connectivity index (χ1v) is 4.22. The molecule has 0 aliphatic rings. The maximum Gasteiger partial charge on any atom is 0.332 e. The van der Waals surface area contributed by atoms with Gasteiger partial charge in [0.2, 0.25) is 0 Å². The van der Waals surface area contributed by atoms with Gasteiger partial charge in [-0.25, -0.2) is 0 Å². The summed E-state index contributed by atoms with van der Waals surface area (Å²) in [5, 5.41) is 0. The van der Waals surface area contributed by atoms with Crippen molar-refractivity contribution in [2.45, 2.75) is 0 Å². The fraction of sp³-hybridized carbons (Fsp3) is 0. The van der Waals surface area contributed by atoms with Gasteiger partial charge in [-0.2, -0.15) is 0 Å². The Morgan fingerprint density at radius 2 is 2.00 bits per heavy atom. The van der Waals surface area contributed by atoms with E-state index in [4.69, 9.17) is 5.50 Å². The monoisotopic (exact) mass is 112 g/mol. The number of thiol groups is 1. The summed E-state index contributed by atoms with van der Waals surface area (Å²) in [5.41, 5.74) is 4.85. The average Bonchev–Trinajstić information content (AvgIpc) is 0.811. The van der Waals surface area contributed by atoms with Crippen molar-refractivity contribution in [3.05, 3.63) is 0 Å². The van der Waals surface area contributed by atoms with Gasteiger partial charge in [0, 0.05) is 0 Å². The molecule has 0 aliphatic heterocycles. The average molecular weight is 112 g/mol. The molecule has 4 heteroatoms. The molecule has 0 saturated carbocycles. The molecule has 0 aromatic heterocycles. The van der Waals surface area contributed by atoms with Gasteiger partial charge in [-0.05, 0) is 0 Å². The Morgan fingerprint density at radius 1 is 2.00 bits per heavy atom. The van der Waals surface area contributed by atoms with E-state index in [1.807, 2.05) is 0 Å². The lowest BCUT2D eigenvalue weighted by molar-refractivity contribution is 2.04. The molecule has 1 nitrogen and oxygen atoms in total. The Kier molecular flexibility index (Phi) is 2.52. The first-order chi connectivity index (χ1) is 1.73. The van der Waals surface area contributed by atoms with E-state index in [0.717, 1.165) is 0 Å². The normalized spacial score (nSPS) is 11.0. The van der Waals surface area contributed by atoms with Gasteiger partial charge in [-0.1, -0.05) is 0 Å². The fourth-order valence-electron chi connectivity index (χ4n) is 0. The lowest BCUT2D eigenvalue weighted by Crippen LogP contribution is -1.60. The van der Waals surface area contributed by atoms with Gasteiger partial charge in [-0.3, -0.25) is 0 Å². The highest BCUT2D eigenvalue weighted by Gasteiger charge is 1.77. The molecular weight excluding hydrogens is 109 g/mol. The van der Waals surface area contributed by atoms with Crippen molar-refractivity contribution >= 4 is 30.1 Å². The predicted molar refractivity (Wildman–Crippen MR) is 27.5 cm³/mol. The standard InChI is InChI=1S/H2NPS2/c1-2(3)4/h(H2-,1,3,4)/p+1. The quantitative estimate of drug-likeness (QED) is 0.355. The van der Waals surface area contributed by atoms with E-state index in [2.05, 4.69) is 24.1 Å². The van der Waals surface area contributed by atoms with Gasteiger partial charge in [0.05, 0.1) is 12.2 Å². The van der Waals surface area contributed by atoms with Gasteiger partial charge >= 0.3 is 6.05 Å². The lowest BCUT2D eigenvalue weighted by atomic mass is 13.9. The number of hydrogen-bond donors (Lipinski definition) is 2. The van der Waals surface area contributed by atoms with Crippen molar-refractivity contribution in [3.63, 3.8) is 0 Å². The summed E-state index contributed by atoms with van der Waals surface area (Å²) in [6.07, 6.45) is 0. The zero-order chi connectivity index (χ0) is 3.58. The van der Waals surface area contributed by atoms with Crippen LogP contribution >= 0.6 is 18.3 Å². The molecule has 0 spiro atoms. The van der Waals surface area contributed by atoms with Crippen molar-refractivity contribution in [2.75, 3.05) is 0 Å². The van der Waals surface area contributed by atoms with E-state index >= 15 is 0 Å². The van der Waals surface area contributed by atoms with Crippen LogP contribution in [0.5, 0.6) is 0 Å². The second-order valence-electron chi connectivity index (χ2n) is 0.303. The smallest absolute Gasteiger partial charge is 0.135 e. The molecule has 0 amide bonds. The highest BCUT2D eigenvalue weighted by Crippen LogP contribution is 2.11. The third-order valence-electron chi connectivity index (χ3n) is 0. The fourth-order valence-corrected chi connectivity index (χ4v) is 0. The van der Waals surface area contributed by atoms with Crippen LogP contribution in [0.25, 0.3) is 0 Å². The summed E-state index contributed by atoms with van der Waals surface area (Å²) in [5.74, 6) is 0. The number of hydrogen-bond acceptors (Lipinski definition) is 1. The van der Waals surface area contributed by atoms with Crippen molar-refractivity contribution in [1.29, 1.82) is 0 Å². The highest BCUT2D eigenvalue weighted by molar-refractivity contribution is 8.55. The molecule has 1 unspecified atom stereocenters. The van der Waals surface area contributed by atoms with Crippen molar-refractivity contribution in [1.82, 2.24) is 0 Å². The van der Waals surface area contributed by atoms with E-state index in [-0.39, 0.29) is 0 Å². The van der Waals surface area contributed by atoms with Gasteiger partial charge in [0.1, 0.15) is 0 Å². The molecule has 0 aliphatic carbocycles. The molecule has 0 bridgehead atoms. The van der Waals surface area contributed by atoms with Gasteiger partial charge < -0.3 is 0 Å². The van der Waals surface area contributed by atoms with Crippen molar-refractivity contribution in [2.24, 2.45) is 5.50 Å². The van der Waals surface area contributed by atoms with Crippen LogP contribution in [0.1, 0.15) is 0 Å². The third-order valence-corrected chi connectivity index (χ3v) is 0. The Morgan fingerprint density at radius 3 is 2.00 bits per heavy atom. The Hall–Kier alpha value is 0.830. The maximum atomic E-state index is 4.85. The SMILES string of the molecule is N[P+](=S)S. The number of rotatable bonds is 0. The molecule has 0 fully saturated rings.